The van der Waals surface area contributed by atoms with Crippen molar-refractivity contribution in [3.05, 3.63) is 29.3 Å². The molecule has 2 aliphatic heterocycles. The highest BCUT2D eigenvalue weighted by molar-refractivity contribution is 6.30. The fourth-order valence-corrected chi connectivity index (χ4v) is 3.14. The number of urea groups is 2. The Balaban J connectivity index is 1.62. The van der Waals surface area contributed by atoms with E-state index in [1.165, 1.54) is 7.05 Å². The van der Waals surface area contributed by atoms with Gasteiger partial charge in [0.2, 0.25) is 0 Å². The summed E-state index contributed by atoms with van der Waals surface area (Å²) in [5, 5.41) is 6.07. The molecule has 1 aromatic carbocycles. The normalized spacial score (nSPS) is 19.9. The van der Waals surface area contributed by atoms with E-state index in [1.807, 2.05) is 0 Å². The minimum absolute atomic E-state index is 0.225. The first kappa shape index (κ1) is 15.6. The molecule has 0 aromatic heterocycles. The summed E-state index contributed by atoms with van der Waals surface area (Å²) in [5.41, 5.74) is -0.244. The summed E-state index contributed by atoms with van der Waals surface area (Å²) in [6.07, 6.45) is 0.815. The monoisotopic (exact) mass is 336 g/mol. The van der Waals surface area contributed by atoms with E-state index in [4.69, 9.17) is 11.6 Å². The minimum atomic E-state index is -0.862. The van der Waals surface area contributed by atoms with E-state index in [0.717, 1.165) is 4.90 Å². The summed E-state index contributed by atoms with van der Waals surface area (Å²) >= 11 is 5.89. The largest absolute Gasteiger partial charge is 0.324 e. The van der Waals surface area contributed by atoms with Crippen LogP contribution in [0, 0.1) is 0 Å². The molecule has 0 aliphatic carbocycles. The summed E-state index contributed by atoms with van der Waals surface area (Å²) in [7, 11) is 1.46. The number of carbonyl (C=O) groups excluding carboxylic acids is 3. The quantitative estimate of drug-likeness (QED) is 0.768. The zero-order chi connectivity index (χ0) is 16.6. The molecular weight excluding hydrogens is 320 g/mol. The van der Waals surface area contributed by atoms with Gasteiger partial charge in [0.15, 0.2) is 0 Å². The highest BCUT2D eigenvalue weighted by atomic mass is 35.5. The van der Waals surface area contributed by atoms with Crippen molar-refractivity contribution in [2.75, 3.05) is 25.5 Å². The van der Waals surface area contributed by atoms with Gasteiger partial charge >= 0.3 is 12.1 Å². The van der Waals surface area contributed by atoms with Gasteiger partial charge in [-0.05, 0) is 31.0 Å². The van der Waals surface area contributed by atoms with Gasteiger partial charge in [-0.25, -0.2) is 9.59 Å². The number of carbonyl (C=O) groups is 3. The van der Waals surface area contributed by atoms with Crippen LogP contribution in [0.25, 0.3) is 0 Å². The van der Waals surface area contributed by atoms with E-state index < -0.39 is 5.54 Å². The lowest BCUT2D eigenvalue weighted by molar-refractivity contribution is -0.131. The van der Waals surface area contributed by atoms with Crippen molar-refractivity contribution in [1.82, 2.24) is 15.1 Å². The van der Waals surface area contributed by atoms with Crippen molar-refractivity contribution in [1.29, 1.82) is 0 Å². The zero-order valence-corrected chi connectivity index (χ0v) is 13.4. The van der Waals surface area contributed by atoms with Crippen LogP contribution in [0.15, 0.2) is 24.3 Å². The molecule has 7 nitrogen and oxygen atoms in total. The number of rotatable bonds is 1. The highest BCUT2D eigenvalue weighted by Gasteiger charge is 2.51. The van der Waals surface area contributed by atoms with Crippen LogP contribution < -0.4 is 10.6 Å². The SMILES string of the molecule is CN1C(=O)NC2(CCN(C(=O)Nc3cccc(Cl)c3)CC2)C1=O. The van der Waals surface area contributed by atoms with Gasteiger partial charge < -0.3 is 15.5 Å². The van der Waals surface area contributed by atoms with Crippen LogP contribution in [-0.4, -0.2) is 53.4 Å². The number of likely N-dealkylation sites (tertiary alicyclic amines) is 1. The third-order valence-electron chi connectivity index (χ3n) is 4.34. The molecule has 122 valence electrons. The van der Waals surface area contributed by atoms with Gasteiger partial charge in [0.1, 0.15) is 5.54 Å². The molecule has 2 saturated heterocycles. The number of nitrogens with zero attached hydrogens (tertiary/aromatic N) is 2. The number of likely N-dealkylation sites (N-methyl/N-ethyl adjacent to an activating group) is 1. The molecule has 0 bridgehead atoms. The molecule has 5 amide bonds. The number of piperidine rings is 1. The fraction of sp³-hybridized carbons (Fsp3) is 0.400. The third kappa shape index (κ3) is 2.84. The lowest BCUT2D eigenvalue weighted by Crippen LogP contribution is -2.56. The van der Waals surface area contributed by atoms with Gasteiger partial charge in [-0.1, -0.05) is 17.7 Å². The average molecular weight is 337 g/mol. The minimum Gasteiger partial charge on any atom is -0.324 e. The maximum atomic E-state index is 12.3. The van der Waals surface area contributed by atoms with Crippen LogP contribution >= 0.6 is 11.6 Å². The number of benzene rings is 1. The van der Waals surface area contributed by atoms with Gasteiger partial charge in [0, 0.05) is 30.8 Å². The standard InChI is InChI=1S/C15H17ClN4O3/c1-19-12(21)15(18-14(19)23)5-7-20(8-6-15)13(22)17-11-4-2-3-10(16)9-11/h2-4,9H,5-8H2,1H3,(H,17,22)(H,18,23). The third-order valence-corrected chi connectivity index (χ3v) is 4.58. The molecule has 3 rings (SSSR count). The molecule has 0 unspecified atom stereocenters. The first-order valence-corrected chi connectivity index (χ1v) is 7.71. The Hall–Kier alpha value is -2.28. The smallest absolute Gasteiger partial charge is 0.324 e. The van der Waals surface area contributed by atoms with Crippen LogP contribution in [0.2, 0.25) is 5.02 Å². The molecule has 2 fully saturated rings. The maximum absolute atomic E-state index is 12.3. The first-order valence-electron chi connectivity index (χ1n) is 7.33. The van der Waals surface area contributed by atoms with E-state index in [-0.39, 0.29) is 18.0 Å². The molecule has 1 aromatic rings. The van der Waals surface area contributed by atoms with Crippen LogP contribution in [0.3, 0.4) is 0 Å². The van der Waals surface area contributed by atoms with Crippen molar-refractivity contribution in [2.45, 2.75) is 18.4 Å². The second-order valence-corrected chi connectivity index (χ2v) is 6.24. The molecule has 2 aliphatic rings. The number of hydrogen-bond acceptors (Lipinski definition) is 3. The number of imide groups is 1. The van der Waals surface area contributed by atoms with Crippen molar-refractivity contribution in [3.63, 3.8) is 0 Å². The van der Waals surface area contributed by atoms with Crippen molar-refractivity contribution in [3.8, 4) is 0 Å². The van der Waals surface area contributed by atoms with E-state index in [0.29, 0.717) is 36.6 Å². The summed E-state index contributed by atoms with van der Waals surface area (Å²) in [5.74, 6) is -0.225. The van der Waals surface area contributed by atoms with Crippen molar-refractivity contribution >= 4 is 35.3 Å². The lowest BCUT2D eigenvalue weighted by atomic mass is 9.87. The Morgan fingerprint density at radius 2 is 2.00 bits per heavy atom. The van der Waals surface area contributed by atoms with Crippen LogP contribution in [-0.2, 0) is 4.79 Å². The Morgan fingerprint density at radius 1 is 1.30 bits per heavy atom. The zero-order valence-electron chi connectivity index (χ0n) is 12.6. The molecule has 0 saturated carbocycles. The summed E-state index contributed by atoms with van der Waals surface area (Å²) in [4.78, 5) is 38.9. The van der Waals surface area contributed by atoms with E-state index in [2.05, 4.69) is 10.6 Å². The Labute approximate surface area is 138 Å². The van der Waals surface area contributed by atoms with E-state index in [9.17, 15) is 14.4 Å². The Kier molecular flexibility index (Phi) is 3.89. The molecule has 0 atom stereocenters. The molecule has 2 N–H and O–H groups in total. The molecule has 1 spiro atoms. The topological polar surface area (TPSA) is 81.8 Å². The molecule has 8 heteroatoms. The highest BCUT2D eigenvalue weighted by Crippen LogP contribution is 2.29. The lowest BCUT2D eigenvalue weighted by Gasteiger charge is -2.37. The summed E-state index contributed by atoms with van der Waals surface area (Å²) in [6.45, 7) is 0.790. The number of anilines is 1. The summed E-state index contributed by atoms with van der Waals surface area (Å²) < 4.78 is 0. The number of nitrogens with one attached hydrogen (secondary N) is 2. The first-order chi connectivity index (χ1) is 10.9. The van der Waals surface area contributed by atoms with E-state index >= 15 is 0 Å². The number of halogens is 1. The van der Waals surface area contributed by atoms with Gasteiger partial charge in [-0.2, -0.15) is 0 Å². The van der Waals surface area contributed by atoms with Crippen LogP contribution in [0.4, 0.5) is 15.3 Å². The molecule has 2 heterocycles. The Morgan fingerprint density at radius 3 is 2.57 bits per heavy atom. The molecular formula is C15H17ClN4O3. The van der Waals surface area contributed by atoms with Gasteiger partial charge in [-0.15, -0.1) is 0 Å². The van der Waals surface area contributed by atoms with Gasteiger partial charge in [0.25, 0.3) is 5.91 Å². The maximum Gasteiger partial charge on any atom is 0.324 e. The van der Waals surface area contributed by atoms with Gasteiger partial charge in [0.05, 0.1) is 0 Å². The van der Waals surface area contributed by atoms with Crippen LogP contribution in [0.1, 0.15) is 12.8 Å². The molecule has 0 radical (unpaired) electrons. The van der Waals surface area contributed by atoms with Crippen LogP contribution in [0.5, 0.6) is 0 Å². The van der Waals surface area contributed by atoms with Crippen molar-refractivity contribution in [2.24, 2.45) is 0 Å². The van der Waals surface area contributed by atoms with Gasteiger partial charge in [-0.3, -0.25) is 9.69 Å². The Bertz CT molecular complexity index is 670. The predicted molar refractivity (Wildman–Crippen MR) is 85.3 cm³/mol. The average Bonchev–Trinajstić information content (AvgIpc) is 2.72. The second kappa shape index (κ2) is 5.73. The predicted octanol–water partition coefficient (Wildman–Crippen LogP) is 1.89. The van der Waals surface area contributed by atoms with Crippen molar-refractivity contribution < 1.29 is 14.4 Å². The van der Waals surface area contributed by atoms with E-state index in [1.54, 1.807) is 29.2 Å². The number of hydrogen-bond donors (Lipinski definition) is 2. The summed E-state index contributed by atoms with van der Waals surface area (Å²) in [6, 6.07) is 6.28. The second-order valence-electron chi connectivity index (χ2n) is 5.80. The fourth-order valence-electron chi connectivity index (χ4n) is 2.95. The molecule has 23 heavy (non-hydrogen) atoms. The number of amides is 5.